The minimum Gasteiger partial charge on any atom is -0.382 e. The number of carbonyl (C=O) groups excluding carboxylic acids is 1. The number of nitrogens with two attached hydrogens (primary N) is 1. The maximum atomic E-state index is 12.0. The number of aromatic nitrogens is 1. The van der Waals surface area contributed by atoms with E-state index in [0.717, 1.165) is 24.0 Å². The Kier molecular flexibility index (Phi) is 7.26. The predicted octanol–water partition coefficient (Wildman–Crippen LogP) is 1.67. The van der Waals surface area contributed by atoms with Gasteiger partial charge in [0.25, 0.3) is 5.91 Å². The van der Waals surface area contributed by atoms with Gasteiger partial charge in [-0.2, -0.15) is 0 Å². The highest BCUT2D eigenvalue weighted by Gasteiger charge is 2.18. The largest absolute Gasteiger partial charge is 0.382 e. The number of carbonyl (C=O) groups is 1. The van der Waals surface area contributed by atoms with Crippen LogP contribution < -0.4 is 16.0 Å². The van der Waals surface area contributed by atoms with Crippen LogP contribution in [0.4, 0.5) is 10.9 Å². The highest BCUT2D eigenvalue weighted by Crippen LogP contribution is 2.27. The molecule has 0 saturated carbocycles. The van der Waals surface area contributed by atoms with E-state index in [4.69, 9.17) is 12.2 Å². The van der Waals surface area contributed by atoms with Crippen LogP contribution in [-0.4, -0.2) is 42.0 Å². The van der Waals surface area contributed by atoms with Gasteiger partial charge < -0.3 is 16.0 Å². The molecule has 1 amide bonds. The van der Waals surface area contributed by atoms with E-state index in [2.05, 4.69) is 21.1 Å². The lowest BCUT2D eigenvalue weighted by Crippen LogP contribution is -2.25. The van der Waals surface area contributed by atoms with Gasteiger partial charge in [-0.15, -0.1) is 18.2 Å². The predicted molar refractivity (Wildman–Crippen MR) is 88.6 cm³/mol. The average Bonchev–Trinajstić information content (AvgIpc) is 2.82. The molecule has 1 aromatic rings. The molecule has 1 aromatic heterocycles. The van der Waals surface area contributed by atoms with Crippen molar-refractivity contribution in [3.05, 3.63) is 4.88 Å². The average molecular weight is 312 g/mol. The van der Waals surface area contributed by atoms with Crippen molar-refractivity contribution in [3.8, 4) is 12.3 Å². The number of terminal acetylenes is 1. The fourth-order valence-electron chi connectivity index (χ4n) is 1.56. The molecule has 3 N–H and O–H groups in total. The summed E-state index contributed by atoms with van der Waals surface area (Å²) in [5, 5.41) is 3.62. The molecule has 110 valence electrons. The third kappa shape index (κ3) is 4.62. The van der Waals surface area contributed by atoms with Crippen LogP contribution in [-0.2, 0) is 0 Å². The molecule has 20 heavy (non-hydrogen) atoms. The van der Waals surface area contributed by atoms with Gasteiger partial charge >= 0.3 is 0 Å². The highest BCUT2D eigenvalue weighted by atomic mass is 32.2. The molecule has 0 spiro atoms. The molecule has 7 heteroatoms. The summed E-state index contributed by atoms with van der Waals surface area (Å²) < 4.78 is 0. The van der Waals surface area contributed by atoms with Crippen LogP contribution in [0.2, 0.25) is 0 Å². The Bertz CT molecular complexity index is 477. The van der Waals surface area contributed by atoms with Gasteiger partial charge in [-0.3, -0.25) is 4.79 Å². The monoisotopic (exact) mass is 312 g/mol. The summed E-state index contributed by atoms with van der Waals surface area (Å²) in [4.78, 5) is 18.8. The smallest absolute Gasteiger partial charge is 0.265 e. The van der Waals surface area contributed by atoms with Crippen molar-refractivity contribution in [2.75, 3.05) is 41.8 Å². The Morgan fingerprint density at radius 2 is 2.25 bits per heavy atom. The first-order valence-electron chi connectivity index (χ1n) is 6.44. The van der Waals surface area contributed by atoms with E-state index < -0.39 is 0 Å². The first kappa shape index (κ1) is 16.7. The minimum absolute atomic E-state index is 0.167. The molecule has 0 aromatic carbocycles. The second kappa shape index (κ2) is 8.72. The van der Waals surface area contributed by atoms with Crippen LogP contribution in [0.5, 0.6) is 0 Å². The molecule has 0 aliphatic heterocycles. The molecule has 0 radical (unpaired) electrons. The second-order valence-corrected chi connectivity index (χ2v) is 5.98. The fraction of sp³-hybridized carbons (Fsp3) is 0.538. The van der Waals surface area contributed by atoms with Crippen LogP contribution in [0.1, 0.15) is 23.5 Å². The van der Waals surface area contributed by atoms with Crippen molar-refractivity contribution in [3.63, 3.8) is 0 Å². The maximum absolute atomic E-state index is 12.0. The van der Waals surface area contributed by atoms with Gasteiger partial charge in [0.05, 0.1) is 5.75 Å². The summed E-state index contributed by atoms with van der Waals surface area (Å²) in [5.41, 5.74) is 5.82. The van der Waals surface area contributed by atoms with Gasteiger partial charge in [-0.1, -0.05) is 17.3 Å². The van der Waals surface area contributed by atoms with Crippen LogP contribution in [0.25, 0.3) is 0 Å². The summed E-state index contributed by atoms with van der Waals surface area (Å²) in [5.74, 6) is 4.12. The minimum atomic E-state index is -0.167. The number of nitrogens with one attached hydrogen (secondary N) is 1. The zero-order valence-electron chi connectivity index (χ0n) is 11.8. The summed E-state index contributed by atoms with van der Waals surface area (Å²) in [6.45, 7) is 6.34. The summed E-state index contributed by atoms with van der Waals surface area (Å²) in [6, 6.07) is 0. The number of hydrogen-bond acceptors (Lipinski definition) is 6. The molecule has 0 bridgehead atoms. The third-order valence-corrected chi connectivity index (χ3v) is 4.59. The zero-order chi connectivity index (χ0) is 15.0. The number of nitrogen functional groups attached to an aromatic ring is 1. The number of amides is 1. The molecule has 0 atom stereocenters. The van der Waals surface area contributed by atoms with Gasteiger partial charge in [0.1, 0.15) is 10.7 Å². The lowest BCUT2D eigenvalue weighted by Gasteiger charge is -2.16. The van der Waals surface area contributed by atoms with Crippen molar-refractivity contribution in [1.29, 1.82) is 0 Å². The molecule has 0 aliphatic rings. The molecule has 0 fully saturated rings. The molecule has 0 aliphatic carbocycles. The Morgan fingerprint density at radius 1 is 1.55 bits per heavy atom. The van der Waals surface area contributed by atoms with E-state index in [9.17, 15) is 4.79 Å². The standard InChI is InChI=1S/C13H20N4OS2/c1-4-8-19-9-7-15-12(18)10-11(14)16-13(20-10)17(5-2)6-3/h1H,5-9,14H2,2-3H3,(H,15,18). The fourth-order valence-corrected chi connectivity index (χ4v) is 3.10. The molecule has 0 saturated heterocycles. The highest BCUT2D eigenvalue weighted by molar-refractivity contribution is 7.99. The lowest BCUT2D eigenvalue weighted by molar-refractivity contribution is 0.0961. The van der Waals surface area contributed by atoms with Crippen molar-refractivity contribution < 1.29 is 4.79 Å². The third-order valence-electron chi connectivity index (χ3n) is 2.60. The van der Waals surface area contributed by atoms with Gasteiger partial charge in [0.15, 0.2) is 5.13 Å². The van der Waals surface area contributed by atoms with Crippen LogP contribution in [0, 0.1) is 12.3 Å². The Hall–Kier alpha value is -1.39. The van der Waals surface area contributed by atoms with E-state index in [1.165, 1.54) is 11.3 Å². The van der Waals surface area contributed by atoms with Crippen LogP contribution >= 0.6 is 23.1 Å². The van der Waals surface area contributed by atoms with Gasteiger partial charge in [-0.25, -0.2) is 4.98 Å². The maximum Gasteiger partial charge on any atom is 0.265 e. The van der Waals surface area contributed by atoms with Crippen LogP contribution in [0.3, 0.4) is 0 Å². The SMILES string of the molecule is C#CCSCCNC(=O)c1sc(N(CC)CC)nc1N. The van der Waals surface area contributed by atoms with Gasteiger partial charge in [-0.05, 0) is 13.8 Å². The Balaban J connectivity index is 2.58. The molecular weight excluding hydrogens is 292 g/mol. The number of nitrogens with zero attached hydrogens (tertiary/aromatic N) is 2. The second-order valence-electron chi connectivity index (χ2n) is 3.90. The molecule has 5 nitrogen and oxygen atoms in total. The van der Waals surface area contributed by atoms with E-state index in [1.807, 2.05) is 13.8 Å². The number of rotatable bonds is 8. The van der Waals surface area contributed by atoms with E-state index in [1.54, 1.807) is 11.8 Å². The number of hydrogen-bond donors (Lipinski definition) is 2. The van der Waals surface area contributed by atoms with E-state index in [0.29, 0.717) is 23.0 Å². The Labute approximate surface area is 128 Å². The van der Waals surface area contributed by atoms with Crippen molar-refractivity contribution in [2.45, 2.75) is 13.8 Å². The van der Waals surface area contributed by atoms with Crippen molar-refractivity contribution in [1.82, 2.24) is 10.3 Å². The topological polar surface area (TPSA) is 71.2 Å². The van der Waals surface area contributed by atoms with Crippen molar-refractivity contribution in [2.24, 2.45) is 0 Å². The first-order chi connectivity index (χ1) is 9.63. The van der Waals surface area contributed by atoms with Crippen molar-refractivity contribution >= 4 is 40.0 Å². The number of anilines is 2. The van der Waals surface area contributed by atoms with Crippen LogP contribution in [0.15, 0.2) is 0 Å². The van der Waals surface area contributed by atoms with E-state index in [-0.39, 0.29) is 5.91 Å². The zero-order valence-corrected chi connectivity index (χ0v) is 13.4. The lowest BCUT2D eigenvalue weighted by atomic mass is 10.4. The quantitative estimate of drug-likeness (QED) is 0.564. The molecular formula is C13H20N4OS2. The van der Waals surface area contributed by atoms with Gasteiger partial charge in [0.2, 0.25) is 0 Å². The first-order valence-corrected chi connectivity index (χ1v) is 8.41. The molecule has 1 rings (SSSR count). The molecule has 1 heterocycles. The summed E-state index contributed by atoms with van der Waals surface area (Å²) in [6.07, 6.45) is 5.15. The number of thioether (sulfide) groups is 1. The molecule has 0 unspecified atom stereocenters. The normalized spacial score (nSPS) is 10.1. The summed E-state index contributed by atoms with van der Waals surface area (Å²) >= 11 is 2.94. The van der Waals surface area contributed by atoms with E-state index >= 15 is 0 Å². The Morgan fingerprint density at radius 3 is 2.85 bits per heavy atom. The van der Waals surface area contributed by atoms with Gasteiger partial charge in [0, 0.05) is 25.4 Å². The number of thiazole rings is 1. The summed E-state index contributed by atoms with van der Waals surface area (Å²) in [7, 11) is 0.